The average molecular weight is 258 g/mol. The van der Waals surface area contributed by atoms with E-state index < -0.39 is 0 Å². The van der Waals surface area contributed by atoms with Gasteiger partial charge in [0.05, 0.1) is 17.0 Å². The fourth-order valence-corrected chi connectivity index (χ4v) is 1.51. The van der Waals surface area contributed by atoms with Crippen molar-refractivity contribution in [3.63, 3.8) is 0 Å². The highest BCUT2D eigenvalue weighted by atomic mass is 32.1. The summed E-state index contributed by atoms with van der Waals surface area (Å²) in [5, 5.41) is 2.21. The summed E-state index contributed by atoms with van der Waals surface area (Å²) >= 11 is 4.47. The summed E-state index contributed by atoms with van der Waals surface area (Å²) in [7, 11) is 0. The van der Waals surface area contributed by atoms with E-state index in [2.05, 4.69) is 22.4 Å². The highest BCUT2D eigenvalue weighted by Gasteiger charge is 1.98. The lowest BCUT2D eigenvalue weighted by atomic mass is 10.2. The minimum atomic E-state index is -0.294. The summed E-state index contributed by atoms with van der Waals surface area (Å²) in [6.07, 6.45) is 1.51. The Bertz CT molecular complexity index is 631. The molecule has 0 bridgehead atoms. The van der Waals surface area contributed by atoms with Gasteiger partial charge >= 0.3 is 0 Å². The van der Waals surface area contributed by atoms with Gasteiger partial charge in [0.25, 0.3) is 5.56 Å². The van der Waals surface area contributed by atoms with E-state index in [0.717, 1.165) is 10.3 Å². The zero-order valence-electron chi connectivity index (χ0n) is 9.45. The van der Waals surface area contributed by atoms with E-state index in [1.165, 1.54) is 12.3 Å². The van der Waals surface area contributed by atoms with Gasteiger partial charge < -0.3 is 4.84 Å². The number of isothiocyanates is 1. The lowest BCUT2D eigenvalue weighted by molar-refractivity contribution is 0.0892. The van der Waals surface area contributed by atoms with Gasteiger partial charge in [-0.1, -0.05) is 30.3 Å². The van der Waals surface area contributed by atoms with E-state index in [4.69, 9.17) is 4.84 Å². The van der Waals surface area contributed by atoms with E-state index >= 15 is 0 Å². The fraction of sp³-hybridized carbons (Fsp3) is 0.0769. The third kappa shape index (κ3) is 3.13. The first-order valence-corrected chi connectivity index (χ1v) is 5.68. The van der Waals surface area contributed by atoms with Crippen LogP contribution in [0.15, 0.2) is 58.4 Å². The van der Waals surface area contributed by atoms with E-state index in [-0.39, 0.29) is 5.56 Å². The second-order valence-corrected chi connectivity index (χ2v) is 3.69. The van der Waals surface area contributed by atoms with Gasteiger partial charge in [-0.15, -0.1) is 0 Å². The Morgan fingerprint density at radius 1 is 1.28 bits per heavy atom. The molecule has 2 rings (SSSR count). The molecular weight excluding hydrogens is 248 g/mol. The summed E-state index contributed by atoms with van der Waals surface area (Å²) in [6.45, 7) is 0.330. The van der Waals surface area contributed by atoms with Crippen LogP contribution in [0.4, 0.5) is 5.69 Å². The molecule has 0 aliphatic heterocycles. The first-order valence-electron chi connectivity index (χ1n) is 5.27. The Hall–Kier alpha value is -2.23. The van der Waals surface area contributed by atoms with Crippen molar-refractivity contribution in [2.75, 3.05) is 0 Å². The number of aliphatic imine (C=N–C) groups is 1. The first kappa shape index (κ1) is 12.2. The number of benzene rings is 1. The Labute approximate surface area is 109 Å². The molecular formula is C13H10N2O2S. The number of hydrogen-bond acceptors (Lipinski definition) is 4. The third-order valence-corrected chi connectivity index (χ3v) is 2.35. The SMILES string of the molecule is O=c1cc(N=C=S)ccn1OCc1ccccc1. The van der Waals surface area contributed by atoms with Crippen molar-refractivity contribution in [2.45, 2.75) is 6.61 Å². The molecule has 2 aromatic rings. The van der Waals surface area contributed by atoms with Crippen LogP contribution >= 0.6 is 12.2 Å². The maximum absolute atomic E-state index is 11.7. The fourth-order valence-electron chi connectivity index (χ4n) is 1.40. The number of rotatable bonds is 4. The van der Waals surface area contributed by atoms with Gasteiger partial charge in [-0.05, 0) is 23.8 Å². The largest absolute Gasteiger partial charge is 0.406 e. The maximum Gasteiger partial charge on any atom is 0.285 e. The molecule has 0 fully saturated rings. The minimum absolute atomic E-state index is 0.294. The Morgan fingerprint density at radius 3 is 2.72 bits per heavy atom. The second kappa shape index (κ2) is 5.91. The lowest BCUT2D eigenvalue weighted by Crippen LogP contribution is -2.25. The van der Waals surface area contributed by atoms with E-state index in [9.17, 15) is 4.79 Å². The molecule has 1 heterocycles. The molecule has 1 aromatic heterocycles. The van der Waals surface area contributed by atoms with Crippen molar-refractivity contribution in [3.8, 4) is 0 Å². The number of thiocarbonyl (C=S) groups is 1. The number of aromatic nitrogens is 1. The summed E-state index contributed by atoms with van der Waals surface area (Å²) in [5.41, 5.74) is 1.16. The van der Waals surface area contributed by atoms with Gasteiger partial charge in [0, 0.05) is 6.07 Å². The molecule has 1 aromatic carbocycles. The summed E-state index contributed by atoms with van der Waals surface area (Å²) < 4.78 is 1.16. The predicted octanol–water partition coefficient (Wildman–Crippen LogP) is 2.21. The van der Waals surface area contributed by atoms with Gasteiger partial charge in [0.1, 0.15) is 6.61 Å². The van der Waals surface area contributed by atoms with Gasteiger partial charge in [-0.3, -0.25) is 4.79 Å². The summed E-state index contributed by atoms with van der Waals surface area (Å²) in [4.78, 5) is 20.7. The van der Waals surface area contributed by atoms with E-state index in [0.29, 0.717) is 12.3 Å². The number of pyridine rings is 1. The van der Waals surface area contributed by atoms with Crippen molar-refractivity contribution in [1.29, 1.82) is 0 Å². The molecule has 90 valence electrons. The molecule has 0 aliphatic carbocycles. The van der Waals surface area contributed by atoms with Crippen molar-refractivity contribution in [3.05, 3.63) is 64.6 Å². The molecule has 5 heteroatoms. The minimum Gasteiger partial charge on any atom is -0.406 e. The van der Waals surface area contributed by atoms with Crippen molar-refractivity contribution < 1.29 is 4.84 Å². The molecule has 18 heavy (non-hydrogen) atoms. The van der Waals surface area contributed by atoms with Crippen LogP contribution in [0, 0.1) is 0 Å². The van der Waals surface area contributed by atoms with Crippen LogP contribution in [0.3, 0.4) is 0 Å². The first-order chi connectivity index (χ1) is 8.79. The zero-order valence-corrected chi connectivity index (χ0v) is 10.3. The van der Waals surface area contributed by atoms with Crippen LogP contribution in [0.1, 0.15) is 5.56 Å². The second-order valence-electron chi connectivity index (χ2n) is 3.51. The highest BCUT2D eigenvalue weighted by molar-refractivity contribution is 7.78. The molecule has 0 saturated carbocycles. The maximum atomic E-state index is 11.7. The number of hydrogen-bond donors (Lipinski definition) is 0. The number of nitrogens with zero attached hydrogens (tertiary/aromatic N) is 2. The van der Waals surface area contributed by atoms with E-state index in [1.54, 1.807) is 6.07 Å². The standard InChI is InChI=1S/C13H10N2O2S/c16-13-8-12(14-10-18)6-7-15(13)17-9-11-4-2-1-3-5-11/h1-8H,9H2. The van der Waals surface area contributed by atoms with Gasteiger partial charge in [0.15, 0.2) is 0 Å². The van der Waals surface area contributed by atoms with Crippen molar-refractivity contribution in [2.24, 2.45) is 4.99 Å². The lowest BCUT2D eigenvalue weighted by Gasteiger charge is -2.07. The quantitative estimate of drug-likeness (QED) is 0.624. The van der Waals surface area contributed by atoms with Crippen LogP contribution in [0.2, 0.25) is 0 Å². The Morgan fingerprint density at radius 2 is 2.06 bits per heavy atom. The molecule has 4 nitrogen and oxygen atoms in total. The molecule has 0 N–H and O–H groups in total. The molecule has 0 saturated heterocycles. The average Bonchev–Trinajstić information content (AvgIpc) is 2.39. The van der Waals surface area contributed by atoms with Crippen LogP contribution < -0.4 is 10.4 Å². The molecule has 0 aliphatic rings. The van der Waals surface area contributed by atoms with Crippen LogP contribution in [0.5, 0.6) is 0 Å². The molecule has 0 spiro atoms. The molecule has 0 amide bonds. The summed E-state index contributed by atoms with van der Waals surface area (Å²) in [5.74, 6) is 0. The zero-order chi connectivity index (χ0) is 12.8. The normalized spacial score (nSPS) is 9.56. The predicted molar refractivity (Wildman–Crippen MR) is 72.1 cm³/mol. The topological polar surface area (TPSA) is 43.6 Å². The van der Waals surface area contributed by atoms with Gasteiger partial charge in [-0.25, -0.2) is 0 Å². The van der Waals surface area contributed by atoms with Crippen LogP contribution in [-0.2, 0) is 6.61 Å². The highest BCUT2D eigenvalue weighted by Crippen LogP contribution is 2.05. The van der Waals surface area contributed by atoms with Crippen LogP contribution in [-0.4, -0.2) is 9.89 Å². The Kier molecular flexibility index (Phi) is 4.02. The summed E-state index contributed by atoms with van der Waals surface area (Å²) in [6, 6.07) is 12.6. The van der Waals surface area contributed by atoms with E-state index in [1.807, 2.05) is 30.3 Å². The van der Waals surface area contributed by atoms with Gasteiger partial charge in [-0.2, -0.15) is 9.72 Å². The third-order valence-electron chi connectivity index (χ3n) is 2.26. The molecule has 0 unspecified atom stereocenters. The Balaban J connectivity index is 2.11. The monoisotopic (exact) mass is 258 g/mol. The molecule has 0 atom stereocenters. The van der Waals surface area contributed by atoms with Crippen molar-refractivity contribution in [1.82, 2.24) is 4.73 Å². The van der Waals surface area contributed by atoms with Crippen LogP contribution in [0.25, 0.3) is 0 Å². The van der Waals surface area contributed by atoms with Gasteiger partial charge in [0.2, 0.25) is 0 Å². The smallest absolute Gasteiger partial charge is 0.285 e. The molecule has 0 radical (unpaired) electrons. The van der Waals surface area contributed by atoms with Crippen molar-refractivity contribution >= 4 is 23.1 Å².